The van der Waals surface area contributed by atoms with Crippen LogP contribution >= 0.6 is 0 Å². The molecule has 142 valence electrons. The lowest BCUT2D eigenvalue weighted by atomic mass is 10.0. The third-order valence-electron chi connectivity index (χ3n) is 4.87. The van der Waals surface area contributed by atoms with Crippen LogP contribution in [0.2, 0.25) is 0 Å². The third kappa shape index (κ3) is 4.88. The molecule has 1 aliphatic rings. The number of rotatable bonds is 4. The van der Waals surface area contributed by atoms with Crippen LogP contribution in [0.1, 0.15) is 43.0 Å². The van der Waals surface area contributed by atoms with Gasteiger partial charge in [0.05, 0.1) is 5.56 Å². The van der Waals surface area contributed by atoms with Crippen molar-refractivity contribution in [3.63, 3.8) is 0 Å². The molecule has 0 radical (unpaired) electrons. The molecule has 1 atom stereocenters. The fourth-order valence-electron chi connectivity index (χ4n) is 3.28. The van der Waals surface area contributed by atoms with E-state index in [0.29, 0.717) is 5.56 Å². The maximum atomic E-state index is 12.5. The van der Waals surface area contributed by atoms with Gasteiger partial charge in [0.2, 0.25) is 0 Å². The van der Waals surface area contributed by atoms with Crippen LogP contribution in [0.4, 0.5) is 0 Å². The van der Waals surface area contributed by atoms with Gasteiger partial charge in [-0.25, -0.2) is 4.79 Å². The smallest absolute Gasteiger partial charge is 0.338 e. The van der Waals surface area contributed by atoms with E-state index in [-0.39, 0.29) is 11.7 Å². The normalized spacial score (nSPS) is 15.7. The molecule has 0 aliphatic carbocycles. The largest absolute Gasteiger partial charge is 0.508 e. The standard InChI is InChI=1S/C22H25NO4/c1-16(21(25)23-14-4-2-3-5-15-23)27-22(26)19-8-6-17(7-9-19)18-10-12-20(24)13-11-18/h6-13,16,24H,2-5,14-15H2,1H3. The van der Waals surface area contributed by atoms with Crippen molar-refractivity contribution in [2.45, 2.75) is 38.7 Å². The minimum atomic E-state index is -0.785. The first-order valence-electron chi connectivity index (χ1n) is 9.44. The summed E-state index contributed by atoms with van der Waals surface area (Å²) in [4.78, 5) is 26.7. The third-order valence-corrected chi connectivity index (χ3v) is 4.87. The number of amides is 1. The fraction of sp³-hybridized carbons (Fsp3) is 0.364. The average Bonchev–Trinajstić information content (AvgIpc) is 2.97. The van der Waals surface area contributed by atoms with Crippen LogP contribution in [0.25, 0.3) is 11.1 Å². The van der Waals surface area contributed by atoms with Gasteiger partial charge in [0.25, 0.3) is 5.91 Å². The molecule has 1 amide bonds. The molecule has 3 rings (SSSR count). The van der Waals surface area contributed by atoms with Crippen LogP contribution in [-0.2, 0) is 9.53 Å². The molecule has 0 bridgehead atoms. The Bertz CT molecular complexity index is 775. The Morgan fingerprint density at radius 3 is 1.96 bits per heavy atom. The Morgan fingerprint density at radius 2 is 1.41 bits per heavy atom. The number of esters is 1. The van der Waals surface area contributed by atoms with Crippen molar-refractivity contribution in [2.75, 3.05) is 13.1 Å². The van der Waals surface area contributed by atoms with Crippen molar-refractivity contribution in [3.05, 3.63) is 54.1 Å². The van der Waals surface area contributed by atoms with Crippen molar-refractivity contribution in [1.29, 1.82) is 0 Å². The Labute approximate surface area is 159 Å². The molecule has 1 heterocycles. The lowest BCUT2D eigenvalue weighted by Gasteiger charge is -2.24. The Kier molecular flexibility index (Phi) is 6.12. The van der Waals surface area contributed by atoms with Crippen LogP contribution in [0, 0.1) is 0 Å². The summed E-state index contributed by atoms with van der Waals surface area (Å²) < 4.78 is 5.39. The average molecular weight is 367 g/mol. The SMILES string of the molecule is CC(OC(=O)c1ccc(-c2ccc(O)cc2)cc1)C(=O)N1CCCCCC1. The van der Waals surface area contributed by atoms with Crippen LogP contribution in [0.15, 0.2) is 48.5 Å². The summed E-state index contributed by atoms with van der Waals surface area (Å²) in [6.07, 6.45) is 3.51. The molecule has 2 aromatic rings. The monoisotopic (exact) mass is 367 g/mol. The lowest BCUT2D eigenvalue weighted by molar-refractivity contribution is -0.139. The molecular weight excluding hydrogens is 342 g/mol. The number of nitrogens with zero attached hydrogens (tertiary/aromatic N) is 1. The van der Waals surface area contributed by atoms with Crippen LogP contribution in [-0.4, -0.2) is 41.1 Å². The van der Waals surface area contributed by atoms with Gasteiger partial charge in [-0.3, -0.25) is 4.79 Å². The van der Waals surface area contributed by atoms with Gasteiger partial charge in [0, 0.05) is 13.1 Å². The van der Waals surface area contributed by atoms with E-state index in [1.165, 1.54) is 0 Å². The number of hydrogen-bond donors (Lipinski definition) is 1. The van der Waals surface area contributed by atoms with Gasteiger partial charge in [-0.2, -0.15) is 0 Å². The zero-order valence-electron chi connectivity index (χ0n) is 15.6. The first-order valence-corrected chi connectivity index (χ1v) is 9.44. The second-order valence-electron chi connectivity index (χ2n) is 6.91. The molecule has 2 aromatic carbocycles. The van der Waals surface area contributed by atoms with E-state index < -0.39 is 12.1 Å². The molecule has 1 N–H and O–H groups in total. The Hall–Kier alpha value is -2.82. The van der Waals surface area contributed by atoms with Crippen molar-refractivity contribution < 1.29 is 19.4 Å². The van der Waals surface area contributed by atoms with Crippen molar-refractivity contribution in [3.8, 4) is 16.9 Å². The predicted octanol–water partition coefficient (Wildman–Crippen LogP) is 4.01. The number of carbonyl (C=O) groups excluding carboxylic acids is 2. The topological polar surface area (TPSA) is 66.8 Å². The van der Waals surface area contributed by atoms with Crippen LogP contribution in [0.5, 0.6) is 5.75 Å². The molecular formula is C22H25NO4. The maximum Gasteiger partial charge on any atom is 0.338 e. The molecule has 1 saturated heterocycles. The second-order valence-corrected chi connectivity index (χ2v) is 6.91. The molecule has 0 spiro atoms. The molecule has 0 saturated carbocycles. The van der Waals surface area contributed by atoms with Crippen molar-refractivity contribution in [2.24, 2.45) is 0 Å². The van der Waals surface area contributed by atoms with E-state index in [9.17, 15) is 14.7 Å². The van der Waals surface area contributed by atoms with E-state index in [1.54, 1.807) is 36.1 Å². The zero-order valence-corrected chi connectivity index (χ0v) is 15.6. The molecule has 1 fully saturated rings. The van der Waals surface area contributed by atoms with Crippen LogP contribution in [0.3, 0.4) is 0 Å². The lowest BCUT2D eigenvalue weighted by Crippen LogP contribution is -2.40. The summed E-state index contributed by atoms with van der Waals surface area (Å²) in [5, 5.41) is 9.37. The van der Waals surface area contributed by atoms with Gasteiger partial charge in [0.15, 0.2) is 6.10 Å². The fourth-order valence-corrected chi connectivity index (χ4v) is 3.28. The Balaban J connectivity index is 1.61. The first kappa shape index (κ1) is 19.0. The summed E-state index contributed by atoms with van der Waals surface area (Å²) in [6, 6.07) is 13.9. The van der Waals surface area contributed by atoms with E-state index in [0.717, 1.165) is 49.9 Å². The molecule has 5 nitrogen and oxygen atoms in total. The Morgan fingerprint density at radius 1 is 0.889 bits per heavy atom. The number of aromatic hydroxyl groups is 1. The highest BCUT2D eigenvalue weighted by Crippen LogP contribution is 2.22. The zero-order chi connectivity index (χ0) is 19.2. The van der Waals surface area contributed by atoms with Gasteiger partial charge < -0.3 is 14.7 Å². The van der Waals surface area contributed by atoms with Crippen molar-refractivity contribution in [1.82, 2.24) is 4.90 Å². The second kappa shape index (κ2) is 8.71. The molecule has 5 heteroatoms. The number of phenolic OH excluding ortho intramolecular Hbond substituents is 1. The maximum absolute atomic E-state index is 12.5. The number of ether oxygens (including phenoxy) is 1. The molecule has 1 aliphatic heterocycles. The summed E-state index contributed by atoms with van der Waals surface area (Å²) >= 11 is 0. The predicted molar refractivity (Wildman–Crippen MR) is 103 cm³/mol. The quantitative estimate of drug-likeness (QED) is 0.829. The number of hydrogen-bond acceptors (Lipinski definition) is 4. The van der Waals surface area contributed by atoms with Gasteiger partial charge in [-0.15, -0.1) is 0 Å². The van der Waals surface area contributed by atoms with Gasteiger partial charge >= 0.3 is 5.97 Å². The van der Waals surface area contributed by atoms with E-state index in [2.05, 4.69) is 0 Å². The van der Waals surface area contributed by atoms with Gasteiger partial charge in [0.1, 0.15) is 5.75 Å². The highest BCUT2D eigenvalue weighted by molar-refractivity contribution is 5.92. The number of likely N-dealkylation sites (tertiary alicyclic amines) is 1. The molecule has 1 unspecified atom stereocenters. The molecule has 27 heavy (non-hydrogen) atoms. The first-order chi connectivity index (χ1) is 13.0. The summed E-state index contributed by atoms with van der Waals surface area (Å²) in [6.45, 7) is 3.11. The highest BCUT2D eigenvalue weighted by atomic mass is 16.5. The minimum absolute atomic E-state index is 0.119. The van der Waals surface area contributed by atoms with Gasteiger partial charge in [-0.1, -0.05) is 37.1 Å². The van der Waals surface area contributed by atoms with E-state index >= 15 is 0 Å². The van der Waals surface area contributed by atoms with E-state index in [4.69, 9.17) is 4.74 Å². The number of phenols is 1. The van der Waals surface area contributed by atoms with E-state index in [1.807, 2.05) is 24.3 Å². The number of carbonyl (C=O) groups is 2. The summed E-state index contributed by atoms with van der Waals surface area (Å²) in [5.74, 6) is -0.407. The van der Waals surface area contributed by atoms with Crippen molar-refractivity contribution >= 4 is 11.9 Å². The summed E-state index contributed by atoms with van der Waals surface area (Å²) in [7, 11) is 0. The molecule has 0 aromatic heterocycles. The minimum Gasteiger partial charge on any atom is -0.508 e. The van der Waals surface area contributed by atoms with Gasteiger partial charge in [-0.05, 0) is 55.2 Å². The number of benzene rings is 2. The van der Waals surface area contributed by atoms with Crippen LogP contribution < -0.4 is 0 Å². The highest BCUT2D eigenvalue weighted by Gasteiger charge is 2.24. The summed E-state index contributed by atoms with van der Waals surface area (Å²) in [5.41, 5.74) is 2.28.